The van der Waals surface area contributed by atoms with Crippen LogP contribution in [0.1, 0.15) is 67.9 Å². The van der Waals surface area contributed by atoms with Crippen molar-refractivity contribution in [3.05, 3.63) is 102 Å². The Balaban J connectivity index is 1.80. The van der Waals surface area contributed by atoms with Crippen molar-refractivity contribution in [3.8, 4) is 11.1 Å². The lowest BCUT2D eigenvalue weighted by Gasteiger charge is -2.21. The van der Waals surface area contributed by atoms with Crippen molar-refractivity contribution in [1.29, 1.82) is 0 Å². The number of benzene rings is 2. The highest BCUT2D eigenvalue weighted by Gasteiger charge is 2.18. The van der Waals surface area contributed by atoms with Crippen LogP contribution in [-0.2, 0) is 0 Å². The molecule has 0 aliphatic carbocycles. The molecule has 3 nitrogen and oxygen atoms in total. The van der Waals surface area contributed by atoms with Crippen LogP contribution in [0.25, 0.3) is 11.1 Å². The van der Waals surface area contributed by atoms with E-state index < -0.39 is 0 Å². The Morgan fingerprint density at radius 3 is 2.35 bits per heavy atom. The van der Waals surface area contributed by atoms with Crippen LogP contribution in [0.3, 0.4) is 0 Å². The molecule has 1 atom stereocenters. The van der Waals surface area contributed by atoms with E-state index in [4.69, 9.17) is 0 Å². The van der Waals surface area contributed by atoms with E-state index in [2.05, 4.69) is 66.6 Å². The lowest BCUT2D eigenvalue weighted by molar-refractivity contribution is 0.0942. The van der Waals surface area contributed by atoms with Gasteiger partial charge < -0.3 is 5.32 Å². The summed E-state index contributed by atoms with van der Waals surface area (Å²) in [4.78, 5) is 16.9. The van der Waals surface area contributed by atoms with Gasteiger partial charge in [-0.15, -0.1) is 0 Å². The molecule has 1 heterocycles. The highest BCUT2D eigenvalue weighted by atomic mass is 16.1. The zero-order chi connectivity index (χ0) is 21.9. The number of nitrogens with one attached hydrogen (secondary N) is 1. The van der Waals surface area contributed by atoms with Crippen molar-refractivity contribution in [2.75, 3.05) is 0 Å². The fraction of sp³-hybridized carbons (Fsp3) is 0.286. The average Bonchev–Trinajstić information content (AvgIpc) is 2.83. The number of aromatic nitrogens is 1. The number of carbonyl (C=O) groups excluding carboxylic acids is 1. The Hall–Kier alpha value is -3.20. The summed E-state index contributed by atoms with van der Waals surface area (Å²) in [6.07, 6.45) is 11.5. The van der Waals surface area contributed by atoms with Crippen molar-refractivity contribution < 1.29 is 4.79 Å². The fourth-order valence-corrected chi connectivity index (χ4v) is 3.69. The smallest absolute Gasteiger partial charge is 0.253 e. The number of amides is 1. The molecule has 1 aromatic heterocycles. The Bertz CT molecular complexity index is 963. The predicted molar refractivity (Wildman–Crippen MR) is 129 cm³/mol. The van der Waals surface area contributed by atoms with E-state index >= 15 is 0 Å². The first kappa shape index (κ1) is 22.5. The Morgan fingerprint density at radius 2 is 1.68 bits per heavy atom. The van der Waals surface area contributed by atoms with Gasteiger partial charge in [0.05, 0.1) is 11.6 Å². The van der Waals surface area contributed by atoms with Gasteiger partial charge in [-0.25, -0.2) is 0 Å². The van der Waals surface area contributed by atoms with Crippen LogP contribution < -0.4 is 5.32 Å². The molecule has 0 saturated carbocycles. The molecule has 31 heavy (non-hydrogen) atoms. The largest absolute Gasteiger partial charge is 0.341 e. The van der Waals surface area contributed by atoms with Gasteiger partial charge in [-0.2, -0.15) is 0 Å². The summed E-state index contributed by atoms with van der Waals surface area (Å²) in [5.41, 5.74) is 5.18. The lowest BCUT2D eigenvalue weighted by atomic mass is 9.95. The van der Waals surface area contributed by atoms with Gasteiger partial charge in [0.2, 0.25) is 0 Å². The number of allylic oxidation sites excluding steroid dienone is 1. The molecule has 0 spiro atoms. The molecule has 3 heteroatoms. The number of nitrogens with zero attached hydrogens (tertiary/aromatic N) is 1. The number of pyridine rings is 1. The third kappa shape index (κ3) is 6.65. The second-order valence-electron chi connectivity index (χ2n) is 7.93. The first-order valence-electron chi connectivity index (χ1n) is 11.2. The van der Waals surface area contributed by atoms with Crippen molar-refractivity contribution >= 4 is 5.91 Å². The Morgan fingerprint density at radius 1 is 0.935 bits per heavy atom. The molecule has 0 bridgehead atoms. The number of hydrogen-bond acceptors (Lipinski definition) is 2. The molecule has 0 aliphatic heterocycles. The number of rotatable bonds is 10. The minimum atomic E-state index is -0.163. The summed E-state index contributed by atoms with van der Waals surface area (Å²) in [6.45, 7) is 4.34. The van der Waals surface area contributed by atoms with Crippen molar-refractivity contribution in [1.82, 2.24) is 10.3 Å². The molecule has 3 rings (SSSR count). The molecule has 1 amide bonds. The Labute approximate surface area is 186 Å². The van der Waals surface area contributed by atoms with Gasteiger partial charge >= 0.3 is 0 Å². The maximum absolute atomic E-state index is 12.9. The van der Waals surface area contributed by atoms with Crippen LogP contribution in [0.15, 0.2) is 90.8 Å². The molecule has 160 valence electrons. The third-order valence-electron chi connectivity index (χ3n) is 5.53. The summed E-state index contributed by atoms with van der Waals surface area (Å²) < 4.78 is 0. The van der Waals surface area contributed by atoms with Gasteiger partial charge in [-0.3, -0.25) is 9.78 Å². The monoisotopic (exact) mass is 412 g/mol. The zero-order valence-electron chi connectivity index (χ0n) is 18.6. The number of carbonyl (C=O) groups is 1. The molecule has 2 aromatic carbocycles. The topological polar surface area (TPSA) is 42.0 Å². The van der Waals surface area contributed by atoms with Crippen molar-refractivity contribution in [2.45, 2.75) is 52.0 Å². The van der Waals surface area contributed by atoms with E-state index in [1.54, 1.807) is 24.5 Å². The molecular formula is C28H32N2O. The fourth-order valence-electron chi connectivity index (χ4n) is 3.69. The van der Waals surface area contributed by atoms with Crippen LogP contribution in [0.2, 0.25) is 0 Å². The molecule has 1 N–H and O–H groups in total. The highest BCUT2D eigenvalue weighted by Crippen LogP contribution is 2.26. The first-order valence-corrected chi connectivity index (χ1v) is 11.2. The van der Waals surface area contributed by atoms with Crippen molar-refractivity contribution in [3.63, 3.8) is 0 Å². The molecule has 0 aliphatic rings. The van der Waals surface area contributed by atoms with E-state index in [0.717, 1.165) is 12.0 Å². The van der Waals surface area contributed by atoms with Gasteiger partial charge in [-0.05, 0) is 48.6 Å². The van der Waals surface area contributed by atoms with E-state index in [1.807, 2.05) is 18.2 Å². The number of hydrogen-bond donors (Lipinski definition) is 1. The highest BCUT2D eigenvalue weighted by molar-refractivity contribution is 5.94. The third-order valence-corrected chi connectivity index (χ3v) is 5.53. The van der Waals surface area contributed by atoms with E-state index in [-0.39, 0.29) is 11.9 Å². The van der Waals surface area contributed by atoms with Crippen LogP contribution in [-0.4, -0.2) is 10.9 Å². The average molecular weight is 413 g/mol. The van der Waals surface area contributed by atoms with Crippen molar-refractivity contribution in [2.24, 2.45) is 0 Å². The molecule has 0 saturated heterocycles. The quantitative estimate of drug-likeness (QED) is 0.284. The SMILES string of the molecule is CCCCCC/C=C(\C)[C@@H](NC(=O)c1cccnc1)c1ccc(-c2ccccc2)cc1. The summed E-state index contributed by atoms with van der Waals surface area (Å²) >= 11 is 0. The lowest BCUT2D eigenvalue weighted by Crippen LogP contribution is -2.29. The minimum absolute atomic E-state index is 0.107. The maximum Gasteiger partial charge on any atom is 0.253 e. The second-order valence-corrected chi connectivity index (χ2v) is 7.93. The molecule has 0 fully saturated rings. The maximum atomic E-state index is 12.9. The number of unbranched alkanes of at least 4 members (excludes halogenated alkanes) is 4. The normalized spacial score (nSPS) is 12.4. The standard InChI is InChI=1S/C28H32N2O/c1-3-4-5-6-8-12-22(2)27(30-28(31)26-15-11-20-29-21-26)25-18-16-24(17-19-25)23-13-9-7-10-14-23/h7,9-21,27H,3-6,8H2,1-2H3,(H,30,31)/b22-12+/t27-/m1/s1. The molecule has 3 aromatic rings. The van der Waals surface area contributed by atoms with Gasteiger partial charge in [0, 0.05) is 12.4 Å². The van der Waals surface area contributed by atoms with E-state index in [9.17, 15) is 4.79 Å². The summed E-state index contributed by atoms with van der Waals surface area (Å²) in [5, 5.41) is 3.21. The second kappa shape index (κ2) is 11.8. The zero-order valence-corrected chi connectivity index (χ0v) is 18.6. The molecule has 0 radical (unpaired) electrons. The Kier molecular flexibility index (Phi) is 8.59. The predicted octanol–water partition coefficient (Wildman–Crippen LogP) is 7.14. The van der Waals surface area contributed by atoms with E-state index in [0.29, 0.717) is 5.56 Å². The van der Waals surface area contributed by atoms with Gasteiger partial charge in [0.15, 0.2) is 0 Å². The van der Waals surface area contributed by atoms with Gasteiger partial charge in [0.25, 0.3) is 5.91 Å². The summed E-state index contributed by atoms with van der Waals surface area (Å²) in [7, 11) is 0. The summed E-state index contributed by atoms with van der Waals surface area (Å²) in [5.74, 6) is -0.107. The summed E-state index contributed by atoms with van der Waals surface area (Å²) in [6, 6.07) is 22.2. The van der Waals surface area contributed by atoms with Crippen LogP contribution in [0, 0.1) is 0 Å². The van der Waals surface area contributed by atoms with Gasteiger partial charge in [0.1, 0.15) is 0 Å². The molecular weight excluding hydrogens is 380 g/mol. The van der Waals surface area contributed by atoms with Crippen LogP contribution in [0.5, 0.6) is 0 Å². The molecule has 0 unspecified atom stereocenters. The minimum Gasteiger partial charge on any atom is -0.341 e. The van der Waals surface area contributed by atoms with Crippen LogP contribution >= 0.6 is 0 Å². The van der Waals surface area contributed by atoms with Gasteiger partial charge in [-0.1, -0.05) is 92.4 Å². The first-order chi connectivity index (χ1) is 15.2. The van der Waals surface area contributed by atoms with E-state index in [1.165, 1.54) is 42.4 Å². The van der Waals surface area contributed by atoms with Crippen LogP contribution in [0.4, 0.5) is 0 Å².